The highest BCUT2D eigenvalue weighted by Gasteiger charge is 2.38. The van der Waals surface area contributed by atoms with Crippen LogP contribution in [0, 0.1) is 0 Å². The monoisotopic (exact) mass is 247 g/mol. The number of alkyl halides is 3. The van der Waals surface area contributed by atoms with E-state index in [4.69, 9.17) is 10.5 Å². The van der Waals surface area contributed by atoms with Gasteiger partial charge in [-0.2, -0.15) is 13.2 Å². The van der Waals surface area contributed by atoms with Crippen molar-refractivity contribution >= 4 is 0 Å². The van der Waals surface area contributed by atoms with Crippen molar-refractivity contribution in [2.45, 2.75) is 38.6 Å². The van der Waals surface area contributed by atoms with E-state index in [0.717, 1.165) is 6.92 Å². The molecule has 1 aromatic carbocycles. The van der Waals surface area contributed by atoms with Gasteiger partial charge in [0.05, 0.1) is 0 Å². The highest BCUT2D eigenvalue weighted by Crippen LogP contribution is 2.30. The predicted octanol–water partition coefficient (Wildman–Crippen LogP) is 3.43. The second kappa shape index (κ2) is 5.40. The topological polar surface area (TPSA) is 35.2 Å². The second-order valence-electron chi connectivity index (χ2n) is 3.85. The van der Waals surface area contributed by atoms with Gasteiger partial charge in [-0.05, 0) is 19.4 Å². The van der Waals surface area contributed by atoms with Crippen molar-refractivity contribution in [1.82, 2.24) is 0 Å². The Kier molecular flexibility index (Phi) is 4.40. The summed E-state index contributed by atoms with van der Waals surface area (Å²) >= 11 is 0. The molecule has 0 aromatic heterocycles. The zero-order chi connectivity index (χ0) is 13.1. The molecule has 0 bridgehead atoms. The summed E-state index contributed by atoms with van der Waals surface area (Å²) < 4.78 is 42.1. The van der Waals surface area contributed by atoms with Crippen LogP contribution < -0.4 is 10.5 Å². The molecule has 2 unspecified atom stereocenters. The Morgan fingerprint density at radius 3 is 2.41 bits per heavy atom. The summed E-state index contributed by atoms with van der Waals surface area (Å²) in [5.74, 6) is 0.201. The first-order valence-corrected chi connectivity index (χ1v) is 5.44. The fourth-order valence-corrected chi connectivity index (χ4v) is 1.37. The van der Waals surface area contributed by atoms with Crippen LogP contribution in [0.3, 0.4) is 0 Å². The predicted molar refractivity (Wildman–Crippen MR) is 59.8 cm³/mol. The number of rotatable bonds is 4. The van der Waals surface area contributed by atoms with Crippen LogP contribution in [0.5, 0.6) is 5.75 Å². The molecule has 0 saturated heterocycles. The van der Waals surface area contributed by atoms with E-state index < -0.39 is 12.3 Å². The van der Waals surface area contributed by atoms with Gasteiger partial charge in [-0.15, -0.1) is 0 Å². The van der Waals surface area contributed by atoms with E-state index in [1.165, 1.54) is 6.07 Å². The lowest BCUT2D eigenvalue weighted by atomic mass is 10.0. The lowest BCUT2D eigenvalue weighted by Crippen LogP contribution is -2.31. The minimum absolute atomic E-state index is 0.201. The molecule has 0 fully saturated rings. The molecule has 0 heterocycles. The third-order valence-corrected chi connectivity index (χ3v) is 2.52. The van der Waals surface area contributed by atoms with Crippen LogP contribution >= 0.6 is 0 Å². The second-order valence-corrected chi connectivity index (χ2v) is 3.85. The van der Waals surface area contributed by atoms with Gasteiger partial charge in [0.25, 0.3) is 0 Å². The third-order valence-electron chi connectivity index (χ3n) is 2.52. The van der Waals surface area contributed by atoms with Crippen LogP contribution in [-0.4, -0.2) is 12.3 Å². The molecule has 17 heavy (non-hydrogen) atoms. The van der Waals surface area contributed by atoms with Gasteiger partial charge in [-0.1, -0.05) is 25.1 Å². The highest BCUT2D eigenvalue weighted by molar-refractivity contribution is 5.35. The van der Waals surface area contributed by atoms with Crippen molar-refractivity contribution in [2.75, 3.05) is 0 Å². The molecule has 2 N–H and O–H groups in total. The first-order valence-electron chi connectivity index (χ1n) is 5.44. The standard InChI is InChI=1S/C12H16F3NO/c1-3-10(16)9-6-4-5-7-11(9)17-8(2)12(13,14)15/h4-8,10H,3,16H2,1-2H3. The third kappa shape index (κ3) is 3.63. The summed E-state index contributed by atoms with van der Waals surface area (Å²) in [4.78, 5) is 0. The van der Waals surface area contributed by atoms with Crippen molar-refractivity contribution in [3.05, 3.63) is 29.8 Å². The Balaban J connectivity index is 2.91. The molecule has 5 heteroatoms. The van der Waals surface area contributed by atoms with Gasteiger partial charge < -0.3 is 10.5 Å². The molecule has 0 saturated carbocycles. The van der Waals surface area contributed by atoms with Gasteiger partial charge in [-0.3, -0.25) is 0 Å². The summed E-state index contributed by atoms with van der Waals surface area (Å²) in [5, 5.41) is 0. The number of para-hydroxylation sites is 1. The number of hydrogen-bond donors (Lipinski definition) is 1. The van der Waals surface area contributed by atoms with Gasteiger partial charge in [0.15, 0.2) is 6.10 Å². The minimum Gasteiger partial charge on any atom is -0.481 e. The van der Waals surface area contributed by atoms with Gasteiger partial charge in [0.1, 0.15) is 5.75 Å². The normalized spacial score (nSPS) is 15.4. The van der Waals surface area contributed by atoms with E-state index >= 15 is 0 Å². The van der Waals surface area contributed by atoms with Crippen LogP contribution in [0.2, 0.25) is 0 Å². The van der Waals surface area contributed by atoms with E-state index in [2.05, 4.69) is 0 Å². The number of benzene rings is 1. The van der Waals surface area contributed by atoms with Crippen LogP contribution in [0.25, 0.3) is 0 Å². The maximum Gasteiger partial charge on any atom is 0.425 e. The first-order chi connectivity index (χ1) is 7.86. The Hall–Kier alpha value is -1.23. The molecule has 0 aliphatic rings. The SMILES string of the molecule is CCC(N)c1ccccc1OC(C)C(F)(F)F. The molecular weight excluding hydrogens is 231 g/mol. The average molecular weight is 247 g/mol. The fraction of sp³-hybridized carbons (Fsp3) is 0.500. The largest absolute Gasteiger partial charge is 0.481 e. The Labute approximate surface area is 98.6 Å². The minimum atomic E-state index is -4.37. The van der Waals surface area contributed by atoms with Crippen molar-refractivity contribution in [2.24, 2.45) is 5.73 Å². The van der Waals surface area contributed by atoms with Crippen LogP contribution in [0.1, 0.15) is 31.9 Å². The lowest BCUT2D eigenvalue weighted by Gasteiger charge is -2.21. The molecule has 96 valence electrons. The molecule has 1 rings (SSSR count). The molecule has 0 radical (unpaired) electrons. The molecule has 0 aliphatic heterocycles. The quantitative estimate of drug-likeness (QED) is 0.884. The number of hydrogen-bond acceptors (Lipinski definition) is 2. The zero-order valence-corrected chi connectivity index (χ0v) is 9.79. The van der Waals surface area contributed by atoms with E-state index in [0.29, 0.717) is 12.0 Å². The molecule has 0 aliphatic carbocycles. The van der Waals surface area contributed by atoms with Gasteiger partial charge in [0, 0.05) is 11.6 Å². The molecule has 0 amide bonds. The van der Waals surface area contributed by atoms with Crippen LogP contribution in [0.15, 0.2) is 24.3 Å². The molecule has 2 nitrogen and oxygen atoms in total. The van der Waals surface area contributed by atoms with Crippen molar-refractivity contribution in [3.63, 3.8) is 0 Å². The Bertz CT molecular complexity index is 365. The average Bonchev–Trinajstić information content (AvgIpc) is 2.27. The van der Waals surface area contributed by atoms with Gasteiger partial charge >= 0.3 is 6.18 Å². The Morgan fingerprint density at radius 2 is 1.88 bits per heavy atom. The Morgan fingerprint density at radius 1 is 1.29 bits per heavy atom. The summed E-state index contributed by atoms with van der Waals surface area (Å²) in [6, 6.07) is 6.24. The fourth-order valence-electron chi connectivity index (χ4n) is 1.37. The van der Waals surface area contributed by atoms with Crippen molar-refractivity contribution < 1.29 is 17.9 Å². The summed E-state index contributed by atoms with van der Waals surface area (Å²) in [5.41, 5.74) is 6.42. The van der Waals surface area contributed by atoms with Gasteiger partial charge in [0.2, 0.25) is 0 Å². The van der Waals surface area contributed by atoms with E-state index in [9.17, 15) is 13.2 Å². The number of halogens is 3. The summed E-state index contributed by atoms with van der Waals surface area (Å²) in [6.45, 7) is 2.85. The van der Waals surface area contributed by atoms with E-state index in [1.807, 2.05) is 6.92 Å². The maximum absolute atomic E-state index is 12.4. The van der Waals surface area contributed by atoms with Crippen molar-refractivity contribution in [1.29, 1.82) is 0 Å². The van der Waals surface area contributed by atoms with E-state index in [1.54, 1.807) is 18.2 Å². The van der Waals surface area contributed by atoms with Gasteiger partial charge in [-0.25, -0.2) is 0 Å². The molecular formula is C12H16F3NO. The van der Waals surface area contributed by atoms with Crippen LogP contribution in [-0.2, 0) is 0 Å². The van der Waals surface area contributed by atoms with E-state index in [-0.39, 0.29) is 11.8 Å². The summed E-state index contributed by atoms with van der Waals surface area (Å²) in [7, 11) is 0. The highest BCUT2D eigenvalue weighted by atomic mass is 19.4. The van der Waals surface area contributed by atoms with Crippen molar-refractivity contribution in [3.8, 4) is 5.75 Å². The first kappa shape index (κ1) is 13.8. The molecule has 1 aromatic rings. The number of ether oxygens (including phenoxy) is 1. The molecule has 0 spiro atoms. The zero-order valence-electron chi connectivity index (χ0n) is 9.79. The summed E-state index contributed by atoms with van der Waals surface area (Å²) in [6.07, 6.45) is -5.57. The van der Waals surface area contributed by atoms with Crippen LogP contribution in [0.4, 0.5) is 13.2 Å². The number of nitrogens with two attached hydrogens (primary N) is 1. The molecule has 2 atom stereocenters. The lowest BCUT2D eigenvalue weighted by molar-refractivity contribution is -0.189. The maximum atomic E-state index is 12.4. The smallest absolute Gasteiger partial charge is 0.425 e.